The van der Waals surface area contributed by atoms with Crippen molar-refractivity contribution in [3.63, 3.8) is 0 Å². The molecule has 3 aromatic carbocycles. The van der Waals surface area contributed by atoms with E-state index in [1.54, 1.807) is 0 Å². The van der Waals surface area contributed by atoms with Crippen LogP contribution in [0.3, 0.4) is 0 Å². The summed E-state index contributed by atoms with van der Waals surface area (Å²) in [7, 11) is 0. The number of carbonyl (C=O) groups excluding carboxylic acids is 1. The van der Waals surface area contributed by atoms with E-state index in [2.05, 4.69) is 27.4 Å². The smallest absolute Gasteiger partial charge is 0.258 e. The number of rotatable bonds is 7. The summed E-state index contributed by atoms with van der Waals surface area (Å²) in [5.41, 5.74) is 4.10. The quantitative estimate of drug-likeness (QED) is 0.519. The molecule has 0 saturated heterocycles. The van der Waals surface area contributed by atoms with Gasteiger partial charge < -0.3 is 15.0 Å². The number of imidazole rings is 1. The Labute approximate surface area is 163 Å². The zero-order valence-corrected chi connectivity index (χ0v) is 15.4. The Balaban J connectivity index is 1.33. The standard InChI is InChI=1S/C23H21N3O2/c27-23(24-15-22-25-19-11-5-6-12-20(19)26-22)16-28-21-13-7-4-10-18(21)14-17-8-2-1-3-9-17/h1-13H,14-16H2,(H,24,27)(H,25,26). The van der Waals surface area contributed by atoms with Gasteiger partial charge in [-0.3, -0.25) is 4.79 Å². The molecule has 0 bridgehead atoms. The summed E-state index contributed by atoms with van der Waals surface area (Å²) in [4.78, 5) is 19.8. The van der Waals surface area contributed by atoms with Crippen molar-refractivity contribution in [2.45, 2.75) is 13.0 Å². The number of ether oxygens (including phenoxy) is 1. The second-order valence-corrected chi connectivity index (χ2v) is 6.54. The highest BCUT2D eigenvalue weighted by Crippen LogP contribution is 2.21. The molecular weight excluding hydrogens is 350 g/mol. The first-order valence-electron chi connectivity index (χ1n) is 9.23. The Kier molecular flexibility index (Phi) is 5.33. The molecule has 28 heavy (non-hydrogen) atoms. The van der Waals surface area contributed by atoms with Crippen molar-refractivity contribution in [1.82, 2.24) is 15.3 Å². The first-order chi connectivity index (χ1) is 13.8. The summed E-state index contributed by atoms with van der Waals surface area (Å²) in [5.74, 6) is 1.26. The number of nitrogens with one attached hydrogen (secondary N) is 2. The van der Waals surface area contributed by atoms with Gasteiger partial charge in [0.25, 0.3) is 5.91 Å². The van der Waals surface area contributed by atoms with E-state index in [9.17, 15) is 4.79 Å². The van der Waals surface area contributed by atoms with Crippen molar-refractivity contribution in [1.29, 1.82) is 0 Å². The maximum atomic E-state index is 12.2. The molecule has 5 nitrogen and oxygen atoms in total. The van der Waals surface area contributed by atoms with Crippen LogP contribution in [0, 0.1) is 0 Å². The monoisotopic (exact) mass is 371 g/mol. The van der Waals surface area contributed by atoms with Gasteiger partial charge in [0.1, 0.15) is 11.6 Å². The third kappa shape index (κ3) is 4.38. The number of aromatic nitrogens is 2. The Morgan fingerprint density at radius 1 is 0.929 bits per heavy atom. The van der Waals surface area contributed by atoms with Crippen molar-refractivity contribution in [3.05, 3.63) is 95.8 Å². The zero-order chi connectivity index (χ0) is 19.2. The summed E-state index contributed by atoms with van der Waals surface area (Å²) >= 11 is 0. The highest BCUT2D eigenvalue weighted by Gasteiger charge is 2.09. The van der Waals surface area contributed by atoms with Crippen LogP contribution < -0.4 is 10.1 Å². The zero-order valence-electron chi connectivity index (χ0n) is 15.4. The summed E-state index contributed by atoms with van der Waals surface area (Å²) in [6.07, 6.45) is 0.762. The predicted octanol–water partition coefficient (Wildman–Crippen LogP) is 3.85. The molecule has 0 radical (unpaired) electrons. The SMILES string of the molecule is O=C(COc1ccccc1Cc1ccccc1)NCc1nc2ccccc2[nH]1. The number of benzene rings is 3. The molecule has 0 spiro atoms. The molecule has 1 amide bonds. The van der Waals surface area contributed by atoms with Crippen LogP contribution in [0.15, 0.2) is 78.9 Å². The van der Waals surface area contributed by atoms with Crippen LogP contribution in [0.2, 0.25) is 0 Å². The fourth-order valence-corrected chi connectivity index (χ4v) is 3.07. The first-order valence-corrected chi connectivity index (χ1v) is 9.23. The fraction of sp³-hybridized carbons (Fsp3) is 0.130. The molecule has 0 atom stereocenters. The molecule has 5 heteroatoms. The van der Waals surface area contributed by atoms with E-state index in [0.29, 0.717) is 6.54 Å². The maximum absolute atomic E-state index is 12.2. The molecule has 1 aromatic heterocycles. The number of fused-ring (bicyclic) bond motifs is 1. The number of hydrogen-bond acceptors (Lipinski definition) is 3. The number of aromatic amines is 1. The van der Waals surface area contributed by atoms with Crippen molar-refractivity contribution in [2.75, 3.05) is 6.61 Å². The van der Waals surface area contributed by atoms with Gasteiger partial charge in [0.15, 0.2) is 6.61 Å². The Morgan fingerprint density at radius 2 is 1.68 bits per heavy atom. The lowest BCUT2D eigenvalue weighted by Gasteiger charge is -2.11. The average molecular weight is 371 g/mol. The highest BCUT2D eigenvalue weighted by atomic mass is 16.5. The van der Waals surface area contributed by atoms with Gasteiger partial charge in [0, 0.05) is 6.42 Å². The maximum Gasteiger partial charge on any atom is 0.258 e. The summed E-state index contributed by atoms with van der Waals surface area (Å²) in [6, 6.07) is 25.8. The van der Waals surface area contributed by atoms with Crippen LogP contribution in [-0.2, 0) is 17.8 Å². The number of nitrogens with zero attached hydrogens (tertiary/aromatic N) is 1. The molecule has 0 aliphatic carbocycles. The molecule has 0 saturated carbocycles. The molecule has 0 fully saturated rings. The van der Waals surface area contributed by atoms with E-state index < -0.39 is 0 Å². The topological polar surface area (TPSA) is 67.0 Å². The number of amides is 1. The van der Waals surface area contributed by atoms with Gasteiger partial charge in [-0.2, -0.15) is 0 Å². The number of H-pyrrole nitrogens is 1. The molecular formula is C23H21N3O2. The van der Waals surface area contributed by atoms with Gasteiger partial charge in [0.2, 0.25) is 0 Å². The number of hydrogen-bond donors (Lipinski definition) is 2. The lowest BCUT2D eigenvalue weighted by Crippen LogP contribution is -2.29. The van der Waals surface area contributed by atoms with E-state index in [1.807, 2.05) is 66.7 Å². The van der Waals surface area contributed by atoms with Gasteiger partial charge in [-0.15, -0.1) is 0 Å². The van der Waals surface area contributed by atoms with Crippen LogP contribution in [0.5, 0.6) is 5.75 Å². The van der Waals surface area contributed by atoms with E-state index in [0.717, 1.165) is 34.6 Å². The normalized spacial score (nSPS) is 10.7. The Morgan fingerprint density at radius 3 is 2.54 bits per heavy atom. The largest absolute Gasteiger partial charge is 0.483 e. The molecule has 4 rings (SSSR count). The van der Waals surface area contributed by atoms with Crippen LogP contribution >= 0.6 is 0 Å². The minimum Gasteiger partial charge on any atom is -0.483 e. The molecule has 4 aromatic rings. The molecule has 140 valence electrons. The fourth-order valence-electron chi connectivity index (χ4n) is 3.07. The minimum atomic E-state index is -0.185. The van der Waals surface area contributed by atoms with Crippen LogP contribution in [0.4, 0.5) is 0 Å². The van der Waals surface area contributed by atoms with Crippen molar-refractivity contribution < 1.29 is 9.53 Å². The molecule has 1 heterocycles. The van der Waals surface area contributed by atoms with Gasteiger partial charge in [-0.1, -0.05) is 60.7 Å². The van der Waals surface area contributed by atoms with Crippen LogP contribution in [0.25, 0.3) is 11.0 Å². The number of carbonyl (C=O) groups is 1. The van der Waals surface area contributed by atoms with Gasteiger partial charge in [-0.25, -0.2) is 4.98 Å². The van der Waals surface area contributed by atoms with E-state index in [-0.39, 0.29) is 12.5 Å². The summed E-state index contributed by atoms with van der Waals surface area (Å²) in [5, 5.41) is 2.84. The third-order valence-electron chi connectivity index (χ3n) is 4.46. The van der Waals surface area contributed by atoms with Gasteiger partial charge in [-0.05, 0) is 29.3 Å². The molecule has 0 aliphatic heterocycles. The number of para-hydroxylation sites is 3. The summed E-state index contributed by atoms with van der Waals surface area (Å²) in [6.45, 7) is 0.300. The highest BCUT2D eigenvalue weighted by molar-refractivity contribution is 5.78. The third-order valence-corrected chi connectivity index (χ3v) is 4.46. The predicted molar refractivity (Wildman–Crippen MR) is 109 cm³/mol. The lowest BCUT2D eigenvalue weighted by molar-refractivity contribution is -0.123. The molecule has 0 unspecified atom stereocenters. The summed E-state index contributed by atoms with van der Waals surface area (Å²) < 4.78 is 5.78. The Bertz CT molecular complexity index is 1040. The van der Waals surface area contributed by atoms with Crippen LogP contribution in [0.1, 0.15) is 17.0 Å². The average Bonchev–Trinajstić information content (AvgIpc) is 3.15. The lowest BCUT2D eigenvalue weighted by atomic mass is 10.0. The van der Waals surface area contributed by atoms with E-state index in [1.165, 1.54) is 5.56 Å². The minimum absolute atomic E-state index is 0.0357. The van der Waals surface area contributed by atoms with Crippen LogP contribution in [-0.4, -0.2) is 22.5 Å². The van der Waals surface area contributed by atoms with Gasteiger partial charge >= 0.3 is 0 Å². The van der Waals surface area contributed by atoms with Crippen molar-refractivity contribution in [3.8, 4) is 5.75 Å². The van der Waals surface area contributed by atoms with E-state index >= 15 is 0 Å². The molecule has 2 N–H and O–H groups in total. The Hall–Kier alpha value is -3.60. The second-order valence-electron chi connectivity index (χ2n) is 6.54. The first kappa shape index (κ1) is 17.8. The second kappa shape index (κ2) is 8.39. The van der Waals surface area contributed by atoms with Gasteiger partial charge in [0.05, 0.1) is 17.6 Å². The van der Waals surface area contributed by atoms with E-state index in [4.69, 9.17) is 4.74 Å². The van der Waals surface area contributed by atoms with Crippen molar-refractivity contribution in [2.24, 2.45) is 0 Å². The van der Waals surface area contributed by atoms with Crippen molar-refractivity contribution >= 4 is 16.9 Å². The molecule has 0 aliphatic rings.